The van der Waals surface area contributed by atoms with E-state index in [-0.39, 0.29) is 11.7 Å². The monoisotopic (exact) mass is 293 g/mol. The number of rotatable bonds is 6. The second-order valence-electron chi connectivity index (χ2n) is 5.72. The van der Waals surface area contributed by atoms with Crippen LogP contribution < -0.4 is 4.74 Å². The van der Waals surface area contributed by atoms with Gasteiger partial charge in [0.25, 0.3) is 0 Å². The number of hydrogen-bond donors (Lipinski definition) is 0. The standard InChI is InChI=1S/C17H24FNO2/c1-2-3-6-17(20)19-11-4-5-14(12-19)13-21-16-9-7-15(18)8-10-16/h7-10,14H,2-6,11-13H2,1H3. The number of hydrogen-bond acceptors (Lipinski definition) is 2. The Morgan fingerprint density at radius 1 is 1.38 bits per heavy atom. The lowest BCUT2D eigenvalue weighted by atomic mass is 9.98. The van der Waals surface area contributed by atoms with Gasteiger partial charge in [-0.3, -0.25) is 4.79 Å². The first-order valence-electron chi connectivity index (χ1n) is 7.85. The molecule has 1 amide bonds. The van der Waals surface area contributed by atoms with Crippen molar-refractivity contribution in [3.8, 4) is 5.75 Å². The average molecular weight is 293 g/mol. The number of ether oxygens (including phenoxy) is 1. The molecule has 1 heterocycles. The average Bonchev–Trinajstić information content (AvgIpc) is 2.52. The van der Waals surface area contributed by atoms with Gasteiger partial charge in [0.1, 0.15) is 11.6 Å². The highest BCUT2D eigenvalue weighted by Gasteiger charge is 2.23. The number of nitrogens with zero attached hydrogens (tertiary/aromatic N) is 1. The fourth-order valence-corrected chi connectivity index (χ4v) is 2.66. The summed E-state index contributed by atoms with van der Waals surface area (Å²) < 4.78 is 18.5. The van der Waals surface area contributed by atoms with Gasteiger partial charge in [0.15, 0.2) is 0 Å². The zero-order valence-electron chi connectivity index (χ0n) is 12.7. The van der Waals surface area contributed by atoms with Crippen LogP contribution in [0.25, 0.3) is 0 Å². The van der Waals surface area contributed by atoms with E-state index in [2.05, 4.69) is 6.92 Å². The number of benzene rings is 1. The Balaban J connectivity index is 1.78. The summed E-state index contributed by atoms with van der Waals surface area (Å²) in [5, 5.41) is 0. The molecule has 1 aromatic carbocycles. The van der Waals surface area contributed by atoms with Crippen molar-refractivity contribution in [2.24, 2.45) is 5.92 Å². The highest BCUT2D eigenvalue weighted by molar-refractivity contribution is 5.76. The quantitative estimate of drug-likeness (QED) is 0.801. The second-order valence-corrected chi connectivity index (χ2v) is 5.72. The molecule has 0 saturated carbocycles. The Bertz CT molecular complexity index is 447. The molecule has 1 aliphatic rings. The fourth-order valence-electron chi connectivity index (χ4n) is 2.66. The normalized spacial score (nSPS) is 18.6. The van der Waals surface area contributed by atoms with E-state index >= 15 is 0 Å². The number of carbonyl (C=O) groups excluding carboxylic acids is 1. The van der Waals surface area contributed by atoms with Crippen LogP contribution in [0.3, 0.4) is 0 Å². The molecule has 3 nitrogen and oxygen atoms in total. The van der Waals surface area contributed by atoms with Crippen molar-refractivity contribution in [2.75, 3.05) is 19.7 Å². The van der Waals surface area contributed by atoms with Gasteiger partial charge >= 0.3 is 0 Å². The molecule has 1 saturated heterocycles. The minimum Gasteiger partial charge on any atom is -0.493 e. The predicted octanol–water partition coefficient (Wildman–Crippen LogP) is 3.63. The number of piperidine rings is 1. The Hall–Kier alpha value is -1.58. The van der Waals surface area contributed by atoms with Crippen molar-refractivity contribution in [1.82, 2.24) is 4.90 Å². The van der Waals surface area contributed by atoms with Gasteiger partial charge in [0.2, 0.25) is 5.91 Å². The van der Waals surface area contributed by atoms with Crippen LogP contribution in [0.2, 0.25) is 0 Å². The molecule has 1 aromatic rings. The zero-order chi connectivity index (χ0) is 15.1. The molecule has 0 aliphatic carbocycles. The van der Waals surface area contributed by atoms with E-state index in [4.69, 9.17) is 4.74 Å². The molecular weight excluding hydrogens is 269 g/mol. The van der Waals surface area contributed by atoms with Gasteiger partial charge in [-0.25, -0.2) is 4.39 Å². The van der Waals surface area contributed by atoms with Gasteiger partial charge in [0, 0.05) is 25.4 Å². The Labute approximate surface area is 126 Å². The maximum Gasteiger partial charge on any atom is 0.222 e. The van der Waals surface area contributed by atoms with Gasteiger partial charge in [-0.1, -0.05) is 13.3 Å². The lowest BCUT2D eigenvalue weighted by Gasteiger charge is -2.32. The summed E-state index contributed by atoms with van der Waals surface area (Å²) in [4.78, 5) is 14.0. The maximum absolute atomic E-state index is 12.8. The van der Waals surface area contributed by atoms with Crippen molar-refractivity contribution in [3.63, 3.8) is 0 Å². The molecule has 1 fully saturated rings. The van der Waals surface area contributed by atoms with E-state index in [1.165, 1.54) is 12.1 Å². The van der Waals surface area contributed by atoms with E-state index in [1.54, 1.807) is 12.1 Å². The molecule has 4 heteroatoms. The molecule has 0 radical (unpaired) electrons. The summed E-state index contributed by atoms with van der Waals surface area (Å²) in [7, 11) is 0. The van der Waals surface area contributed by atoms with Crippen LogP contribution in [0.15, 0.2) is 24.3 Å². The van der Waals surface area contributed by atoms with Gasteiger partial charge in [0.05, 0.1) is 6.61 Å². The van der Waals surface area contributed by atoms with Gasteiger partial charge in [-0.05, 0) is 43.5 Å². The van der Waals surface area contributed by atoms with Crippen molar-refractivity contribution >= 4 is 5.91 Å². The zero-order valence-corrected chi connectivity index (χ0v) is 12.7. The maximum atomic E-state index is 12.8. The summed E-state index contributed by atoms with van der Waals surface area (Å²) in [5.74, 6) is 1.07. The number of unbranched alkanes of at least 4 members (excludes halogenated alkanes) is 1. The lowest BCUT2D eigenvalue weighted by Crippen LogP contribution is -2.41. The van der Waals surface area contributed by atoms with Crippen LogP contribution in [0, 0.1) is 11.7 Å². The molecule has 2 rings (SSSR count). The highest BCUT2D eigenvalue weighted by Crippen LogP contribution is 2.20. The van der Waals surface area contributed by atoms with Gasteiger partial charge < -0.3 is 9.64 Å². The van der Waals surface area contributed by atoms with Gasteiger partial charge in [-0.15, -0.1) is 0 Å². The second kappa shape index (κ2) is 8.01. The van der Waals surface area contributed by atoms with Crippen LogP contribution in [-0.2, 0) is 4.79 Å². The minimum atomic E-state index is -0.257. The molecule has 0 aromatic heterocycles. The molecule has 0 N–H and O–H groups in total. The van der Waals surface area contributed by atoms with Crippen molar-refractivity contribution < 1.29 is 13.9 Å². The largest absolute Gasteiger partial charge is 0.493 e. The SMILES string of the molecule is CCCCC(=O)N1CCCC(COc2ccc(F)cc2)C1. The molecule has 1 atom stereocenters. The summed E-state index contributed by atoms with van der Waals surface area (Å²) in [6.45, 7) is 4.34. The Morgan fingerprint density at radius 2 is 2.14 bits per heavy atom. The first kappa shape index (κ1) is 15.8. The van der Waals surface area contributed by atoms with E-state index in [9.17, 15) is 9.18 Å². The van der Waals surface area contributed by atoms with E-state index in [1.807, 2.05) is 4.90 Å². The number of likely N-dealkylation sites (tertiary alicyclic amines) is 1. The van der Waals surface area contributed by atoms with Crippen LogP contribution >= 0.6 is 0 Å². The molecule has 1 aliphatic heterocycles. The molecule has 0 bridgehead atoms. The molecular formula is C17H24FNO2. The van der Waals surface area contributed by atoms with E-state index < -0.39 is 0 Å². The Kier molecular flexibility index (Phi) is 6.03. The van der Waals surface area contributed by atoms with E-state index in [0.717, 1.165) is 38.8 Å². The third kappa shape index (κ3) is 5.03. The van der Waals surface area contributed by atoms with Crippen molar-refractivity contribution in [2.45, 2.75) is 39.0 Å². The number of amides is 1. The van der Waals surface area contributed by atoms with Crippen LogP contribution in [0.1, 0.15) is 39.0 Å². The fraction of sp³-hybridized carbons (Fsp3) is 0.588. The molecule has 116 valence electrons. The molecule has 0 spiro atoms. The van der Waals surface area contributed by atoms with Crippen LogP contribution in [0.5, 0.6) is 5.75 Å². The third-order valence-corrected chi connectivity index (χ3v) is 3.92. The Morgan fingerprint density at radius 3 is 2.86 bits per heavy atom. The first-order valence-corrected chi connectivity index (χ1v) is 7.85. The van der Waals surface area contributed by atoms with Crippen molar-refractivity contribution in [1.29, 1.82) is 0 Å². The van der Waals surface area contributed by atoms with Gasteiger partial charge in [-0.2, -0.15) is 0 Å². The highest BCUT2D eigenvalue weighted by atomic mass is 19.1. The van der Waals surface area contributed by atoms with E-state index in [0.29, 0.717) is 24.7 Å². The summed E-state index contributed by atoms with van der Waals surface area (Å²) in [6.07, 6.45) is 4.79. The van der Waals surface area contributed by atoms with Crippen molar-refractivity contribution in [3.05, 3.63) is 30.1 Å². The summed E-state index contributed by atoms with van der Waals surface area (Å²) >= 11 is 0. The number of carbonyl (C=O) groups is 1. The smallest absolute Gasteiger partial charge is 0.222 e. The summed E-state index contributed by atoms with van der Waals surface area (Å²) in [5.41, 5.74) is 0. The molecule has 21 heavy (non-hydrogen) atoms. The third-order valence-electron chi connectivity index (χ3n) is 3.92. The van der Waals surface area contributed by atoms with Crippen LogP contribution in [0.4, 0.5) is 4.39 Å². The first-order chi connectivity index (χ1) is 10.2. The predicted molar refractivity (Wildman–Crippen MR) is 80.7 cm³/mol. The topological polar surface area (TPSA) is 29.5 Å². The minimum absolute atomic E-state index is 0.257. The molecule has 1 unspecified atom stereocenters. The lowest BCUT2D eigenvalue weighted by molar-refractivity contribution is -0.133. The summed E-state index contributed by atoms with van der Waals surface area (Å²) in [6, 6.07) is 6.08. The van der Waals surface area contributed by atoms with Crippen LogP contribution in [-0.4, -0.2) is 30.5 Å². The number of halogens is 1.